The number of hydrogen-bond donors (Lipinski definition) is 1. The molecule has 1 N–H and O–H groups in total. The molecule has 1 aliphatic heterocycles. The molecule has 15 heteroatoms. The van der Waals surface area contributed by atoms with E-state index >= 15 is 0 Å². The third kappa shape index (κ3) is 19.8. The molecule has 4 aromatic heterocycles. The standard InChI is InChI=1S/C11H19NO.2C10H19N3.C10H18N2O.C9H20N4/c1-10(2,3)8-7-9(13-12-8)11(4,5)6;1-9(2,3)8-7-13(12-11-8)10(4,5)6;1-9(2,3)8-7-11-13(12-8)10(4,5)6;1-9(2,3)7-11-8(13-12-7)10(4,5)6;1-8(2,3)7-10-12-13(11-7)9(4,5)6/h3*7H,1-6H3;1-6H3;7,11H,1-6H3. The van der Waals surface area contributed by atoms with Crippen LogP contribution in [-0.4, -0.2) is 62.1 Å². The molecule has 1 atom stereocenters. The molecule has 0 saturated heterocycles. The molecule has 4 aromatic rings. The number of nitrogens with one attached hydrogen (secondary N) is 1. The van der Waals surface area contributed by atoms with Gasteiger partial charge in [-0.2, -0.15) is 25.4 Å². The summed E-state index contributed by atoms with van der Waals surface area (Å²) in [6.07, 6.45) is 3.97. The van der Waals surface area contributed by atoms with Crippen molar-refractivity contribution in [2.45, 2.75) is 263 Å². The Balaban J connectivity index is 0.000000406. The SMILES string of the molecule is CC(C)(C)C1N=NN(C(C)(C)C)N1.CC(C)(C)c1cc(C(C)(C)C)on1.CC(C)(C)c1cn(C(C)(C)C)nn1.CC(C)(C)c1cnn(C(C)(C)C)n1.CC(C)(C)c1noc(C(C)(C)C)n1. The first-order valence-corrected chi connectivity index (χ1v) is 23.2. The van der Waals surface area contributed by atoms with Crippen LogP contribution >= 0.6 is 0 Å². The zero-order valence-corrected chi connectivity index (χ0v) is 47.0. The van der Waals surface area contributed by atoms with Crippen LogP contribution in [0.4, 0.5) is 0 Å². The van der Waals surface area contributed by atoms with Gasteiger partial charge in [0.15, 0.2) is 5.82 Å². The lowest BCUT2D eigenvalue weighted by atomic mass is 9.88. The van der Waals surface area contributed by atoms with Crippen LogP contribution in [0.5, 0.6) is 0 Å². The van der Waals surface area contributed by atoms with E-state index in [1.165, 1.54) is 0 Å². The van der Waals surface area contributed by atoms with Crippen molar-refractivity contribution >= 4 is 0 Å². The summed E-state index contributed by atoms with van der Waals surface area (Å²) in [6, 6.07) is 2.06. The zero-order chi connectivity index (χ0) is 51.4. The highest BCUT2D eigenvalue weighted by atomic mass is 16.5. The van der Waals surface area contributed by atoms with Crippen molar-refractivity contribution in [1.29, 1.82) is 0 Å². The van der Waals surface area contributed by atoms with Gasteiger partial charge in [-0.15, -0.1) is 10.2 Å². The summed E-state index contributed by atoms with van der Waals surface area (Å²) in [5.41, 5.74) is 6.70. The topological polar surface area (TPSA) is 166 Å². The van der Waals surface area contributed by atoms with E-state index in [0.717, 1.165) is 28.7 Å². The van der Waals surface area contributed by atoms with Crippen LogP contribution in [0.1, 0.15) is 242 Å². The fraction of sp³-hybridized carbons (Fsp3) is 0.820. The second kappa shape index (κ2) is 20.5. The first-order valence-electron chi connectivity index (χ1n) is 23.2. The Labute approximate surface area is 395 Å². The molecule has 1 aliphatic rings. The number of aromatic nitrogens is 9. The molecule has 65 heavy (non-hydrogen) atoms. The molecule has 372 valence electrons. The van der Waals surface area contributed by atoms with Crippen molar-refractivity contribution in [3.8, 4) is 0 Å². The van der Waals surface area contributed by atoms with Crippen molar-refractivity contribution in [2.24, 2.45) is 15.8 Å². The summed E-state index contributed by atoms with van der Waals surface area (Å²) in [4.78, 5) is 6.15. The summed E-state index contributed by atoms with van der Waals surface area (Å²) in [5.74, 6) is 2.44. The van der Waals surface area contributed by atoms with Gasteiger partial charge in [0.05, 0.1) is 39.9 Å². The maximum atomic E-state index is 5.31. The van der Waals surface area contributed by atoms with Crippen LogP contribution in [-0.2, 0) is 43.6 Å². The third-order valence-electron chi connectivity index (χ3n) is 9.52. The lowest BCUT2D eigenvalue weighted by Crippen LogP contribution is -2.49. The fourth-order valence-corrected chi connectivity index (χ4v) is 4.65. The molecule has 5 rings (SSSR count). The maximum Gasteiger partial charge on any atom is 0.232 e. The molecule has 0 aromatic carbocycles. The number of rotatable bonds is 0. The first-order chi connectivity index (χ1) is 28.6. The van der Waals surface area contributed by atoms with E-state index in [1.807, 2.05) is 22.2 Å². The monoisotopic (exact) mass is 910 g/mol. The molecule has 5 heterocycles. The summed E-state index contributed by atoms with van der Waals surface area (Å²) in [7, 11) is 0. The van der Waals surface area contributed by atoms with Crippen LogP contribution in [0.25, 0.3) is 0 Å². The molecule has 0 saturated carbocycles. The van der Waals surface area contributed by atoms with Crippen molar-refractivity contribution in [2.75, 3.05) is 0 Å². The second-order valence-electron chi connectivity index (χ2n) is 27.5. The number of hydrogen-bond acceptors (Lipinski definition) is 13. The Morgan fingerprint density at radius 3 is 1.26 bits per heavy atom. The predicted octanol–water partition coefficient (Wildman–Crippen LogP) is 12.9. The van der Waals surface area contributed by atoms with Gasteiger partial charge < -0.3 is 9.05 Å². The Morgan fingerprint density at radius 1 is 0.523 bits per heavy atom. The average molecular weight is 910 g/mol. The lowest BCUT2D eigenvalue weighted by molar-refractivity contribution is 0.0683. The van der Waals surface area contributed by atoms with Gasteiger partial charge in [0.2, 0.25) is 5.89 Å². The summed E-state index contributed by atoms with van der Waals surface area (Å²) in [5, 5.41) is 35.2. The molecule has 0 amide bonds. The lowest BCUT2D eigenvalue weighted by Gasteiger charge is -2.31. The van der Waals surface area contributed by atoms with Gasteiger partial charge in [-0.3, -0.25) is 0 Å². The van der Waals surface area contributed by atoms with Gasteiger partial charge in [0.1, 0.15) is 11.9 Å². The van der Waals surface area contributed by atoms with Gasteiger partial charge in [-0.25, -0.2) is 9.80 Å². The highest BCUT2D eigenvalue weighted by Gasteiger charge is 2.34. The summed E-state index contributed by atoms with van der Waals surface area (Å²) >= 11 is 0. The Morgan fingerprint density at radius 2 is 1.03 bits per heavy atom. The van der Waals surface area contributed by atoms with Gasteiger partial charge in [-0.05, 0) is 62.3 Å². The van der Waals surface area contributed by atoms with Crippen LogP contribution in [0.2, 0.25) is 0 Å². The molecule has 0 spiro atoms. The van der Waals surface area contributed by atoms with Gasteiger partial charge in [0, 0.05) is 50.2 Å². The fourth-order valence-electron chi connectivity index (χ4n) is 4.65. The molecular formula is C50H95N13O2. The van der Waals surface area contributed by atoms with Crippen molar-refractivity contribution in [3.63, 3.8) is 0 Å². The molecule has 15 nitrogen and oxygen atoms in total. The van der Waals surface area contributed by atoms with Crippen molar-refractivity contribution in [1.82, 2.24) is 55.8 Å². The van der Waals surface area contributed by atoms with Gasteiger partial charge in [-0.1, -0.05) is 166 Å². The Kier molecular flexibility index (Phi) is 18.6. The van der Waals surface area contributed by atoms with E-state index in [4.69, 9.17) is 9.05 Å². The van der Waals surface area contributed by atoms with Crippen LogP contribution < -0.4 is 5.43 Å². The minimum atomic E-state index is -0.0590. The Bertz CT molecular complexity index is 1660. The first kappa shape index (κ1) is 59.0. The van der Waals surface area contributed by atoms with Crippen LogP contribution in [0.15, 0.2) is 37.8 Å². The summed E-state index contributed by atoms with van der Waals surface area (Å²) in [6.45, 7) is 63.4. The quantitative estimate of drug-likeness (QED) is 0.178. The van der Waals surface area contributed by atoms with E-state index in [0.29, 0.717) is 5.89 Å². The number of hydrazine groups is 1. The third-order valence-corrected chi connectivity index (χ3v) is 9.52. The maximum absolute atomic E-state index is 5.31. The van der Waals surface area contributed by atoms with E-state index in [2.05, 4.69) is 265 Å². The van der Waals surface area contributed by atoms with Crippen molar-refractivity contribution in [3.05, 3.63) is 53.0 Å². The molecule has 0 radical (unpaired) electrons. The minimum absolute atomic E-state index is 0.0104. The van der Waals surface area contributed by atoms with E-state index in [9.17, 15) is 0 Å². The molecular weight excluding hydrogens is 815 g/mol. The van der Waals surface area contributed by atoms with Crippen molar-refractivity contribution < 1.29 is 9.05 Å². The Hall–Kier alpha value is -4.01. The molecule has 0 aliphatic carbocycles. The molecule has 0 fully saturated rings. The number of nitrogens with zero attached hydrogens (tertiary/aromatic N) is 12. The van der Waals surface area contributed by atoms with Gasteiger partial charge >= 0.3 is 0 Å². The normalized spacial score (nSPS) is 15.5. The van der Waals surface area contributed by atoms with E-state index in [-0.39, 0.29) is 60.7 Å². The predicted molar refractivity (Wildman–Crippen MR) is 266 cm³/mol. The second-order valence-corrected chi connectivity index (χ2v) is 27.5. The average Bonchev–Trinajstić information content (AvgIpc) is 3.92. The zero-order valence-electron chi connectivity index (χ0n) is 47.0. The molecule has 0 bridgehead atoms. The molecule has 1 unspecified atom stereocenters. The van der Waals surface area contributed by atoms with E-state index in [1.54, 1.807) is 4.80 Å². The summed E-state index contributed by atoms with van der Waals surface area (Å²) < 4.78 is 12.4. The van der Waals surface area contributed by atoms with Gasteiger partial charge in [0.25, 0.3) is 0 Å². The highest BCUT2D eigenvalue weighted by molar-refractivity contribution is 5.18. The van der Waals surface area contributed by atoms with Crippen LogP contribution in [0, 0.1) is 5.41 Å². The smallest absolute Gasteiger partial charge is 0.232 e. The largest absolute Gasteiger partial charge is 0.361 e. The van der Waals surface area contributed by atoms with E-state index < -0.39 is 0 Å². The van der Waals surface area contributed by atoms with Crippen LogP contribution in [0.3, 0.4) is 0 Å². The highest BCUT2D eigenvalue weighted by Crippen LogP contribution is 2.30. The minimum Gasteiger partial charge on any atom is -0.361 e.